The standard InChI is InChI=1S/C15H18O3/c1-4-5-12-9-15(7-6-11(2)3)14(8-13(12)16)17-10-18-15/h4,6,8-9H,1,5,7,10H2,2-3H3/t15-/m1/s1. The van der Waals surface area contributed by atoms with E-state index in [1.54, 1.807) is 12.2 Å². The number of fused-ring (bicyclic) bond motifs is 1. The summed E-state index contributed by atoms with van der Waals surface area (Å²) in [4.78, 5) is 11.9. The maximum Gasteiger partial charge on any atom is 0.190 e. The van der Waals surface area contributed by atoms with Crippen LogP contribution in [-0.4, -0.2) is 18.2 Å². The zero-order valence-corrected chi connectivity index (χ0v) is 10.9. The highest BCUT2D eigenvalue weighted by molar-refractivity contribution is 6.06. The van der Waals surface area contributed by atoms with Gasteiger partial charge >= 0.3 is 0 Å². The van der Waals surface area contributed by atoms with Crippen molar-refractivity contribution in [2.75, 3.05) is 6.79 Å². The molecule has 1 aliphatic carbocycles. The zero-order valence-electron chi connectivity index (χ0n) is 10.9. The summed E-state index contributed by atoms with van der Waals surface area (Å²) in [5, 5.41) is 0. The summed E-state index contributed by atoms with van der Waals surface area (Å²) < 4.78 is 11.1. The van der Waals surface area contributed by atoms with Gasteiger partial charge < -0.3 is 9.47 Å². The van der Waals surface area contributed by atoms with Crippen molar-refractivity contribution >= 4 is 5.78 Å². The van der Waals surface area contributed by atoms with Gasteiger partial charge in [-0.05, 0) is 26.3 Å². The molecule has 0 N–H and O–H groups in total. The summed E-state index contributed by atoms with van der Waals surface area (Å²) in [7, 11) is 0. The van der Waals surface area contributed by atoms with E-state index in [0.29, 0.717) is 18.6 Å². The van der Waals surface area contributed by atoms with Crippen LogP contribution in [0, 0.1) is 0 Å². The second kappa shape index (κ2) is 4.94. The molecule has 0 spiro atoms. The lowest BCUT2D eigenvalue weighted by atomic mass is 9.86. The van der Waals surface area contributed by atoms with Gasteiger partial charge in [0.25, 0.3) is 0 Å². The fourth-order valence-corrected chi connectivity index (χ4v) is 2.12. The van der Waals surface area contributed by atoms with Gasteiger partial charge in [-0.2, -0.15) is 0 Å². The highest BCUT2D eigenvalue weighted by Gasteiger charge is 2.43. The summed E-state index contributed by atoms with van der Waals surface area (Å²) in [5.74, 6) is 0.612. The number of hydrogen-bond donors (Lipinski definition) is 0. The summed E-state index contributed by atoms with van der Waals surface area (Å²) in [6.07, 6.45) is 8.51. The average molecular weight is 246 g/mol. The van der Waals surface area contributed by atoms with Crippen molar-refractivity contribution in [2.45, 2.75) is 32.3 Å². The fraction of sp³-hybridized carbons (Fsp3) is 0.400. The first-order valence-electron chi connectivity index (χ1n) is 6.06. The van der Waals surface area contributed by atoms with Crippen molar-refractivity contribution in [3.05, 3.63) is 47.8 Å². The molecule has 0 aromatic carbocycles. The minimum atomic E-state index is -0.594. The molecule has 3 nitrogen and oxygen atoms in total. The predicted octanol–water partition coefficient (Wildman–Crippen LogP) is 3.05. The molecule has 96 valence electrons. The fourth-order valence-electron chi connectivity index (χ4n) is 2.12. The Morgan fingerprint density at radius 1 is 1.56 bits per heavy atom. The van der Waals surface area contributed by atoms with Crippen molar-refractivity contribution in [2.24, 2.45) is 0 Å². The van der Waals surface area contributed by atoms with E-state index in [2.05, 4.69) is 12.7 Å². The van der Waals surface area contributed by atoms with Crippen LogP contribution in [0.1, 0.15) is 26.7 Å². The van der Waals surface area contributed by atoms with E-state index in [1.165, 1.54) is 5.57 Å². The topological polar surface area (TPSA) is 35.5 Å². The average Bonchev–Trinajstić information content (AvgIpc) is 2.71. The predicted molar refractivity (Wildman–Crippen MR) is 69.8 cm³/mol. The number of ketones is 1. The Bertz CT molecular complexity index is 464. The van der Waals surface area contributed by atoms with Gasteiger partial charge in [0.05, 0.1) is 0 Å². The van der Waals surface area contributed by atoms with E-state index >= 15 is 0 Å². The lowest BCUT2D eigenvalue weighted by Crippen LogP contribution is -2.31. The SMILES string of the molecule is C=CCC1=C[C@@]2(CC=C(C)C)OCOC2=CC1=O. The van der Waals surface area contributed by atoms with Gasteiger partial charge in [-0.1, -0.05) is 17.7 Å². The van der Waals surface area contributed by atoms with Gasteiger partial charge in [0.1, 0.15) is 5.76 Å². The van der Waals surface area contributed by atoms with Crippen LogP contribution in [0.4, 0.5) is 0 Å². The van der Waals surface area contributed by atoms with Crippen molar-refractivity contribution in [1.82, 2.24) is 0 Å². The first kappa shape index (κ1) is 12.8. The number of carbonyl (C=O) groups excluding carboxylic acids is 1. The molecule has 2 rings (SSSR count). The van der Waals surface area contributed by atoms with Gasteiger partial charge in [-0.3, -0.25) is 4.79 Å². The lowest BCUT2D eigenvalue weighted by Gasteiger charge is -2.26. The summed E-state index contributed by atoms with van der Waals surface area (Å²) in [6.45, 7) is 7.96. The van der Waals surface area contributed by atoms with E-state index in [4.69, 9.17) is 9.47 Å². The zero-order chi connectivity index (χ0) is 13.2. The van der Waals surface area contributed by atoms with Gasteiger partial charge in [-0.15, -0.1) is 6.58 Å². The second-order valence-corrected chi connectivity index (χ2v) is 4.82. The number of allylic oxidation sites excluding steroid dienone is 4. The Balaban J connectivity index is 2.34. The molecule has 0 radical (unpaired) electrons. The van der Waals surface area contributed by atoms with E-state index in [1.807, 2.05) is 19.9 Å². The maximum atomic E-state index is 11.9. The highest BCUT2D eigenvalue weighted by Crippen LogP contribution is 2.39. The molecule has 18 heavy (non-hydrogen) atoms. The van der Waals surface area contributed by atoms with Gasteiger partial charge in [0.15, 0.2) is 18.2 Å². The second-order valence-electron chi connectivity index (χ2n) is 4.82. The van der Waals surface area contributed by atoms with Crippen LogP contribution in [0.5, 0.6) is 0 Å². The Hall–Kier alpha value is -1.61. The van der Waals surface area contributed by atoms with Crippen molar-refractivity contribution in [1.29, 1.82) is 0 Å². The minimum Gasteiger partial charge on any atom is -0.468 e. The molecule has 3 heteroatoms. The molecular weight excluding hydrogens is 228 g/mol. The number of rotatable bonds is 4. The first-order valence-corrected chi connectivity index (χ1v) is 6.06. The number of hydrogen-bond acceptors (Lipinski definition) is 3. The van der Waals surface area contributed by atoms with Crippen molar-refractivity contribution < 1.29 is 14.3 Å². The summed E-state index contributed by atoms with van der Waals surface area (Å²) in [6, 6.07) is 0. The molecule has 0 saturated carbocycles. The summed E-state index contributed by atoms with van der Waals surface area (Å²) >= 11 is 0. The molecule has 1 saturated heterocycles. The normalized spacial score (nSPS) is 25.8. The van der Waals surface area contributed by atoms with Gasteiger partial charge in [0.2, 0.25) is 0 Å². The van der Waals surface area contributed by atoms with Crippen LogP contribution in [0.25, 0.3) is 0 Å². The third kappa shape index (κ3) is 2.31. The van der Waals surface area contributed by atoms with Crippen molar-refractivity contribution in [3.63, 3.8) is 0 Å². The molecule has 1 fully saturated rings. The third-order valence-corrected chi connectivity index (χ3v) is 3.11. The molecule has 0 bridgehead atoms. The third-order valence-electron chi connectivity index (χ3n) is 3.11. The van der Waals surface area contributed by atoms with Gasteiger partial charge in [0, 0.05) is 18.1 Å². The first-order chi connectivity index (χ1) is 8.57. The van der Waals surface area contributed by atoms with Crippen LogP contribution < -0.4 is 0 Å². The summed E-state index contributed by atoms with van der Waals surface area (Å²) in [5.41, 5.74) is 1.35. The van der Waals surface area contributed by atoms with Crippen LogP contribution >= 0.6 is 0 Å². The Morgan fingerprint density at radius 2 is 2.33 bits per heavy atom. The van der Waals surface area contributed by atoms with E-state index in [-0.39, 0.29) is 12.6 Å². The Labute approximate surface area is 107 Å². The smallest absolute Gasteiger partial charge is 0.190 e. The molecule has 2 aliphatic rings. The Morgan fingerprint density at radius 3 is 3.00 bits per heavy atom. The quantitative estimate of drug-likeness (QED) is 0.715. The lowest BCUT2D eigenvalue weighted by molar-refractivity contribution is -0.111. The van der Waals surface area contributed by atoms with E-state index in [9.17, 15) is 4.79 Å². The highest BCUT2D eigenvalue weighted by atomic mass is 16.7. The largest absolute Gasteiger partial charge is 0.468 e. The molecule has 0 unspecified atom stereocenters. The van der Waals surface area contributed by atoms with Gasteiger partial charge in [-0.25, -0.2) is 0 Å². The molecule has 0 aromatic rings. The molecule has 1 heterocycles. The van der Waals surface area contributed by atoms with Crippen molar-refractivity contribution in [3.8, 4) is 0 Å². The van der Waals surface area contributed by atoms with Crippen LogP contribution in [0.15, 0.2) is 47.8 Å². The van der Waals surface area contributed by atoms with Crippen LogP contribution in [0.2, 0.25) is 0 Å². The van der Waals surface area contributed by atoms with E-state index in [0.717, 1.165) is 5.57 Å². The van der Waals surface area contributed by atoms with Crippen LogP contribution in [-0.2, 0) is 14.3 Å². The molecule has 1 aliphatic heterocycles. The van der Waals surface area contributed by atoms with Crippen LogP contribution in [0.3, 0.4) is 0 Å². The maximum absolute atomic E-state index is 11.9. The Kier molecular flexibility index (Phi) is 3.53. The number of carbonyl (C=O) groups is 1. The molecular formula is C15H18O3. The molecule has 1 atom stereocenters. The molecule has 0 aromatic heterocycles. The van der Waals surface area contributed by atoms with E-state index < -0.39 is 5.60 Å². The molecule has 0 amide bonds. The number of ether oxygens (including phenoxy) is 2. The minimum absolute atomic E-state index is 0.0109. The monoisotopic (exact) mass is 246 g/mol.